The largest absolute Gasteiger partial charge is 0.296 e. The second-order valence-corrected chi connectivity index (χ2v) is 6.31. The number of rotatable bonds is 0. The number of thiophene rings is 1. The fourth-order valence-electron chi connectivity index (χ4n) is 3.70. The van der Waals surface area contributed by atoms with Gasteiger partial charge in [-0.3, -0.25) is 4.90 Å². The molecule has 2 saturated heterocycles. The molecule has 0 amide bonds. The number of hydrogen-bond donors (Lipinski definition) is 0. The van der Waals surface area contributed by atoms with E-state index in [-0.39, 0.29) is 0 Å². The van der Waals surface area contributed by atoms with Gasteiger partial charge in [-0.15, -0.1) is 11.3 Å². The van der Waals surface area contributed by atoms with Crippen LogP contribution in [0.1, 0.15) is 29.7 Å². The van der Waals surface area contributed by atoms with Crippen molar-refractivity contribution in [3.8, 4) is 0 Å². The zero-order valence-electron chi connectivity index (χ0n) is 9.48. The van der Waals surface area contributed by atoms with Crippen molar-refractivity contribution < 1.29 is 0 Å². The van der Waals surface area contributed by atoms with Crippen LogP contribution in [0.2, 0.25) is 0 Å². The Morgan fingerprint density at radius 1 is 1.31 bits per heavy atom. The third-order valence-corrected chi connectivity index (χ3v) is 5.38. The lowest BCUT2D eigenvalue weighted by atomic mass is 9.85. The van der Waals surface area contributed by atoms with Gasteiger partial charge >= 0.3 is 0 Å². The van der Waals surface area contributed by atoms with Gasteiger partial charge in [-0.2, -0.15) is 0 Å². The lowest BCUT2D eigenvalue weighted by molar-refractivity contribution is 0.208. The highest BCUT2D eigenvalue weighted by Crippen LogP contribution is 2.42. The Kier molecular flexibility index (Phi) is 2.03. The Bertz CT molecular complexity index is 445. The average Bonchev–Trinajstić information content (AvgIpc) is 2.88. The van der Waals surface area contributed by atoms with Gasteiger partial charge in [-0.05, 0) is 60.4 Å². The fourth-order valence-corrected chi connectivity index (χ4v) is 4.59. The van der Waals surface area contributed by atoms with Crippen LogP contribution in [-0.4, -0.2) is 24.0 Å². The van der Waals surface area contributed by atoms with Gasteiger partial charge in [0.2, 0.25) is 0 Å². The van der Waals surface area contributed by atoms with E-state index >= 15 is 0 Å². The second-order valence-electron chi connectivity index (χ2n) is 5.36. The van der Waals surface area contributed by atoms with Crippen LogP contribution in [0, 0.1) is 5.92 Å². The summed E-state index contributed by atoms with van der Waals surface area (Å²) in [7, 11) is 0. The number of fused-ring (bicyclic) bond motifs is 4. The third kappa shape index (κ3) is 1.26. The molecule has 16 heavy (non-hydrogen) atoms. The van der Waals surface area contributed by atoms with Gasteiger partial charge in [0.25, 0.3) is 0 Å². The first-order valence-electron chi connectivity index (χ1n) is 6.44. The van der Waals surface area contributed by atoms with Gasteiger partial charge in [0, 0.05) is 17.5 Å². The summed E-state index contributed by atoms with van der Waals surface area (Å²) < 4.78 is 0. The van der Waals surface area contributed by atoms with Crippen LogP contribution < -0.4 is 0 Å². The van der Waals surface area contributed by atoms with E-state index < -0.39 is 0 Å². The van der Waals surface area contributed by atoms with E-state index in [2.05, 4.69) is 22.4 Å². The summed E-state index contributed by atoms with van der Waals surface area (Å²) in [6.07, 6.45) is 8.08. The number of nitrogens with zero attached hydrogens (tertiary/aromatic N) is 1. The fraction of sp³-hybridized carbons (Fsp3) is 0.571. The first-order chi connectivity index (χ1) is 7.92. The molecular formula is C14H17NS. The molecule has 2 atom stereocenters. The molecule has 2 aliphatic heterocycles. The van der Waals surface area contributed by atoms with Crippen LogP contribution in [-0.2, 0) is 6.42 Å². The van der Waals surface area contributed by atoms with Crippen molar-refractivity contribution in [2.45, 2.75) is 31.7 Å². The molecule has 1 nitrogen and oxygen atoms in total. The molecule has 2 heteroatoms. The summed E-state index contributed by atoms with van der Waals surface area (Å²) in [4.78, 5) is 4.27. The molecule has 84 valence electrons. The Morgan fingerprint density at radius 2 is 2.31 bits per heavy atom. The molecule has 0 bridgehead atoms. The molecule has 0 spiro atoms. The summed E-state index contributed by atoms with van der Waals surface area (Å²) in [5.74, 6) is 0.838. The molecule has 1 aliphatic carbocycles. The van der Waals surface area contributed by atoms with Gasteiger partial charge in [0.1, 0.15) is 0 Å². The maximum absolute atomic E-state index is 2.73. The Hall–Kier alpha value is -0.600. The highest BCUT2D eigenvalue weighted by Gasteiger charge is 2.39. The third-order valence-electron chi connectivity index (χ3n) is 4.47. The van der Waals surface area contributed by atoms with E-state index in [9.17, 15) is 0 Å². The molecule has 2 unspecified atom stereocenters. The van der Waals surface area contributed by atoms with Crippen molar-refractivity contribution in [3.63, 3.8) is 0 Å². The minimum absolute atomic E-state index is 0.800. The van der Waals surface area contributed by atoms with Crippen LogP contribution >= 0.6 is 11.3 Å². The molecule has 2 fully saturated rings. The van der Waals surface area contributed by atoms with Crippen molar-refractivity contribution in [1.82, 2.24) is 4.90 Å². The van der Waals surface area contributed by atoms with E-state index in [0.29, 0.717) is 0 Å². The maximum Gasteiger partial charge on any atom is 0.0314 e. The Labute approximate surface area is 101 Å². The van der Waals surface area contributed by atoms with E-state index in [1.165, 1.54) is 38.8 Å². The van der Waals surface area contributed by atoms with E-state index in [4.69, 9.17) is 0 Å². The summed E-state index contributed by atoms with van der Waals surface area (Å²) in [6.45, 7) is 2.66. The molecule has 0 N–H and O–H groups in total. The van der Waals surface area contributed by atoms with Crippen molar-refractivity contribution in [1.29, 1.82) is 0 Å². The number of piperidine rings is 1. The van der Waals surface area contributed by atoms with Crippen LogP contribution in [0.15, 0.2) is 17.0 Å². The molecule has 0 saturated carbocycles. The number of hydrogen-bond acceptors (Lipinski definition) is 2. The van der Waals surface area contributed by atoms with Crippen molar-refractivity contribution in [2.24, 2.45) is 5.92 Å². The summed E-state index contributed by atoms with van der Waals surface area (Å²) in [6, 6.07) is 3.12. The van der Waals surface area contributed by atoms with Crippen LogP contribution in [0.3, 0.4) is 0 Å². The Morgan fingerprint density at radius 3 is 3.31 bits per heavy atom. The molecule has 0 radical (unpaired) electrons. The molecule has 3 heterocycles. The summed E-state index contributed by atoms with van der Waals surface area (Å²) in [5, 5.41) is 2.25. The molecule has 0 aromatic carbocycles. The zero-order valence-corrected chi connectivity index (χ0v) is 10.3. The Balaban J connectivity index is 1.75. The summed E-state index contributed by atoms with van der Waals surface area (Å²) >= 11 is 1.92. The monoisotopic (exact) mass is 231 g/mol. The predicted octanol–water partition coefficient (Wildman–Crippen LogP) is 3.17. The van der Waals surface area contributed by atoms with Gasteiger partial charge in [0.05, 0.1) is 0 Å². The highest BCUT2D eigenvalue weighted by molar-refractivity contribution is 7.11. The average molecular weight is 231 g/mol. The highest BCUT2D eigenvalue weighted by atomic mass is 32.1. The first-order valence-corrected chi connectivity index (χ1v) is 7.32. The van der Waals surface area contributed by atoms with Gasteiger partial charge in [-0.1, -0.05) is 6.42 Å². The lowest BCUT2D eigenvalue weighted by Crippen LogP contribution is -2.34. The SMILES string of the molecule is C1=C2C(Cc3ccsc31)CN1CCCCC21. The maximum atomic E-state index is 2.73. The van der Waals surface area contributed by atoms with Gasteiger partial charge < -0.3 is 0 Å². The van der Waals surface area contributed by atoms with Crippen LogP contribution in [0.4, 0.5) is 0 Å². The van der Waals surface area contributed by atoms with Crippen molar-refractivity contribution >= 4 is 17.4 Å². The van der Waals surface area contributed by atoms with Crippen LogP contribution in [0.5, 0.6) is 0 Å². The van der Waals surface area contributed by atoms with Crippen molar-refractivity contribution in [2.75, 3.05) is 13.1 Å². The molecule has 3 aliphatic rings. The quantitative estimate of drug-likeness (QED) is 0.663. The second kappa shape index (κ2) is 3.44. The normalized spacial score (nSPS) is 32.9. The van der Waals surface area contributed by atoms with Crippen LogP contribution in [0.25, 0.3) is 6.08 Å². The van der Waals surface area contributed by atoms with E-state index in [1.807, 2.05) is 11.3 Å². The standard InChI is InChI=1S/C14H17NS/c1-2-5-15-9-11-7-10-4-6-16-14(10)8-12(11)13(15)3-1/h4,6,8,11,13H,1-3,5,7,9H2. The molecular weight excluding hydrogens is 214 g/mol. The summed E-state index contributed by atoms with van der Waals surface area (Å²) in [5.41, 5.74) is 3.35. The van der Waals surface area contributed by atoms with Crippen molar-refractivity contribution in [3.05, 3.63) is 27.5 Å². The lowest BCUT2D eigenvalue weighted by Gasteiger charge is -2.29. The molecule has 4 rings (SSSR count). The van der Waals surface area contributed by atoms with E-state index in [1.54, 1.807) is 16.0 Å². The van der Waals surface area contributed by atoms with Gasteiger partial charge in [0.15, 0.2) is 0 Å². The first kappa shape index (κ1) is 9.43. The molecule has 1 aromatic heterocycles. The predicted molar refractivity (Wildman–Crippen MR) is 68.7 cm³/mol. The minimum Gasteiger partial charge on any atom is -0.296 e. The van der Waals surface area contributed by atoms with Gasteiger partial charge in [-0.25, -0.2) is 0 Å². The zero-order chi connectivity index (χ0) is 10.5. The molecule has 1 aromatic rings. The van der Waals surface area contributed by atoms with E-state index in [0.717, 1.165) is 12.0 Å². The topological polar surface area (TPSA) is 3.24 Å². The smallest absolute Gasteiger partial charge is 0.0314 e. The minimum atomic E-state index is 0.800.